The lowest BCUT2D eigenvalue weighted by molar-refractivity contribution is 0.488. The van der Waals surface area contributed by atoms with Crippen LogP contribution in [0.25, 0.3) is 10.4 Å². The van der Waals surface area contributed by atoms with Crippen molar-refractivity contribution < 1.29 is 0 Å². The smallest absolute Gasteiger partial charge is 0.0554 e. The van der Waals surface area contributed by atoms with Gasteiger partial charge in [0.25, 0.3) is 0 Å². The maximum atomic E-state index is 6.21. The Morgan fingerprint density at radius 1 is 1.33 bits per heavy atom. The third-order valence-corrected chi connectivity index (χ3v) is 6.29. The fourth-order valence-electron chi connectivity index (χ4n) is 2.55. The van der Waals surface area contributed by atoms with Gasteiger partial charge in [0.1, 0.15) is 0 Å². The molecule has 0 saturated heterocycles. The zero-order chi connectivity index (χ0) is 14.8. The summed E-state index contributed by atoms with van der Waals surface area (Å²) in [5.41, 5.74) is 1.20. The monoisotopic (exact) mass is 383 g/mol. The highest BCUT2D eigenvalue weighted by molar-refractivity contribution is 9.10. The second kappa shape index (κ2) is 6.82. The maximum absolute atomic E-state index is 6.21. The Bertz CT molecular complexity index is 621. The standard InChI is InChI=1S/C17H19BrClNS/c1-2-9-20-17(11-3-4-11)16-8-7-15(21-16)12-5-6-13(18)14(19)10-12/h5-8,10-11,17,20H,2-4,9H2,1H3. The SMILES string of the molecule is CCCNC(c1ccc(-c2ccc(Br)c(Cl)c2)s1)C1CC1. The average molecular weight is 385 g/mol. The Labute approximate surface area is 143 Å². The summed E-state index contributed by atoms with van der Waals surface area (Å²) in [6.45, 7) is 3.32. The van der Waals surface area contributed by atoms with Gasteiger partial charge in [-0.05, 0) is 77.5 Å². The molecule has 0 radical (unpaired) electrons. The molecule has 1 saturated carbocycles. The van der Waals surface area contributed by atoms with Crippen LogP contribution in [-0.4, -0.2) is 6.54 Å². The van der Waals surface area contributed by atoms with Gasteiger partial charge in [0, 0.05) is 20.3 Å². The van der Waals surface area contributed by atoms with Crippen LogP contribution in [0, 0.1) is 5.92 Å². The predicted octanol–water partition coefficient (Wildman–Crippen LogP) is 6.28. The maximum Gasteiger partial charge on any atom is 0.0554 e. The topological polar surface area (TPSA) is 12.0 Å². The van der Waals surface area contributed by atoms with Crippen LogP contribution in [0.3, 0.4) is 0 Å². The molecule has 0 spiro atoms. The number of thiophene rings is 1. The molecule has 1 fully saturated rings. The first-order valence-electron chi connectivity index (χ1n) is 7.47. The lowest BCUT2D eigenvalue weighted by atomic mass is 10.1. The van der Waals surface area contributed by atoms with Crippen LogP contribution in [0.1, 0.15) is 37.1 Å². The van der Waals surface area contributed by atoms with Crippen LogP contribution in [0.2, 0.25) is 5.02 Å². The highest BCUT2D eigenvalue weighted by Crippen LogP contribution is 2.44. The second-order valence-electron chi connectivity index (χ2n) is 5.60. The summed E-state index contributed by atoms with van der Waals surface area (Å²) in [5.74, 6) is 0.830. The van der Waals surface area contributed by atoms with Crippen molar-refractivity contribution in [2.75, 3.05) is 6.54 Å². The van der Waals surface area contributed by atoms with Gasteiger partial charge in [-0.2, -0.15) is 0 Å². The first-order chi connectivity index (χ1) is 10.2. The molecule has 1 heterocycles. The number of nitrogens with one attached hydrogen (secondary N) is 1. The van der Waals surface area contributed by atoms with E-state index in [9.17, 15) is 0 Å². The Hall–Kier alpha value is -0.350. The molecule has 0 bridgehead atoms. The Morgan fingerprint density at radius 3 is 2.81 bits per heavy atom. The normalized spacial score (nSPS) is 16.1. The molecule has 0 amide bonds. The molecular formula is C17H19BrClNS. The minimum Gasteiger partial charge on any atom is -0.309 e. The minimum atomic E-state index is 0.537. The third kappa shape index (κ3) is 3.70. The van der Waals surface area contributed by atoms with Gasteiger partial charge in [-0.1, -0.05) is 24.6 Å². The molecule has 21 heavy (non-hydrogen) atoms. The van der Waals surface area contributed by atoms with Crippen LogP contribution in [0.5, 0.6) is 0 Å². The molecule has 1 atom stereocenters. The van der Waals surface area contributed by atoms with Crippen LogP contribution in [0.15, 0.2) is 34.8 Å². The number of rotatable bonds is 6. The van der Waals surface area contributed by atoms with Gasteiger partial charge in [0.2, 0.25) is 0 Å². The molecule has 2 aromatic rings. The van der Waals surface area contributed by atoms with E-state index in [1.165, 1.54) is 34.6 Å². The predicted molar refractivity (Wildman–Crippen MR) is 96.2 cm³/mol. The number of hydrogen-bond acceptors (Lipinski definition) is 2. The van der Waals surface area contributed by atoms with E-state index in [4.69, 9.17) is 11.6 Å². The fraction of sp³-hybridized carbons (Fsp3) is 0.412. The van der Waals surface area contributed by atoms with Crippen molar-refractivity contribution in [1.29, 1.82) is 0 Å². The summed E-state index contributed by atoms with van der Waals surface area (Å²) in [6.07, 6.45) is 3.90. The lowest BCUT2D eigenvalue weighted by Gasteiger charge is -2.16. The van der Waals surface area contributed by atoms with E-state index < -0.39 is 0 Å². The van der Waals surface area contributed by atoms with Crippen LogP contribution < -0.4 is 5.32 Å². The highest BCUT2D eigenvalue weighted by Gasteiger charge is 2.32. The Kier molecular flexibility index (Phi) is 5.05. The summed E-state index contributed by atoms with van der Waals surface area (Å²) < 4.78 is 0.949. The molecule has 1 aromatic heterocycles. The molecule has 0 aliphatic heterocycles. The average Bonchev–Trinajstić information content (AvgIpc) is 3.20. The van der Waals surface area contributed by atoms with Gasteiger partial charge in [-0.3, -0.25) is 0 Å². The first kappa shape index (κ1) is 15.5. The van der Waals surface area contributed by atoms with Crippen molar-refractivity contribution in [2.24, 2.45) is 5.92 Å². The summed E-state index contributed by atoms with van der Waals surface area (Å²) in [4.78, 5) is 2.75. The van der Waals surface area contributed by atoms with Crippen molar-refractivity contribution in [2.45, 2.75) is 32.2 Å². The van der Waals surface area contributed by atoms with E-state index in [-0.39, 0.29) is 0 Å². The Morgan fingerprint density at radius 2 is 2.14 bits per heavy atom. The molecule has 4 heteroatoms. The molecular weight excluding hydrogens is 366 g/mol. The van der Waals surface area contributed by atoms with Gasteiger partial charge in [-0.25, -0.2) is 0 Å². The van der Waals surface area contributed by atoms with E-state index in [1.807, 2.05) is 23.5 Å². The fourth-order valence-corrected chi connectivity index (χ4v) is 4.15. The first-order valence-corrected chi connectivity index (χ1v) is 9.46. The largest absolute Gasteiger partial charge is 0.309 e. The van der Waals surface area contributed by atoms with E-state index in [0.29, 0.717) is 6.04 Å². The molecule has 1 N–H and O–H groups in total. The van der Waals surface area contributed by atoms with Crippen molar-refractivity contribution >= 4 is 38.9 Å². The van der Waals surface area contributed by atoms with Gasteiger partial charge >= 0.3 is 0 Å². The van der Waals surface area contributed by atoms with E-state index in [1.54, 1.807) is 0 Å². The number of halogens is 2. The van der Waals surface area contributed by atoms with E-state index >= 15 is 0 Å². The zero-order valence-electron chi connectivity index (χ0n) is 12.0. The van der Waals surface area contributed by atoms with Crippen molar-refractivity contribution in [3.8, 4) is 10.4 Å². The molecule has 1 aliphatic carbocycles. The summed E-state index contributed by atoms with van der Waals surface area (Å²) >= 11 is 11.5. The molecule has 3 rings (SSSR count). The van der Waals surface area contributed by atoms with Gasteiger partial charge < -0.3 is 5.32 Å². The van der Waals surface area contributed by atoms with Gasteiger partial charge in [0.15, 0.2) is 0 Å². The van der Waals surface area contributed by atoms with E-state index in [2.05, 4.69) is 46.4 Å². The number of benzene rings is 1. The zero-order valence-corrected chi connectivity index (χ0v) is 15.2. The highest BCUT2D eigenvalue weighted by atomic mass is 79.9. The van der Waals surface area contributed by atoms with Crippen LogP contribution in [0.4, 0.5) is 0 Å². The molecule has 1 aromatic carbocycles. The Balaban J connectivity index is 1.82. The lowest BCUT2D eigenvalue weighted by Crippen LogP contribution is -2.22. The van der Waals surface area contributed by atoms with E-state index in [0.717, 1.165) is 22.0 Å². The summed E-state index contributed by atoms with van der Waals surface area (Å²) in [6, 6.07) is 11.2. The molecule has 1 aliphatic rings. The third-order valence-electron chi connectivity index (χ3n) is 3.85. The van der Waals surface area contributed by atoms with Crippen LogP contribution >= 0.6 is 38.9 Å². The van der Waals surface area contributed by atoms with Crippen LogP contribution in [-0.2, 0) is 0 Å². The number of hydrogen-bond donors (Lipinski definition) is 1. The second-order valence-corrected chi connectivity index (χ2v) is 7.98. The quantitative estimate of drug-likeness (QED) is 0.618. The van der Waals surface area contributed by atoms with Crippen molar-refractivity contribution in [3.05, 3.63) is 44.7 Å². The van der Waals surface area contributed by atoms with Gasteiger partial charge in [0.05, 0.1) is 5.02 Å². The summed E-state index contributed by atoms with van der Waals surface area (Å²) in [5, 5.41) is 4.48. The summed E-state index contributed by atoms with van der Waals surface area (Å²) in [7, 11) is 0. The molecule has 1 unspecified atom stereocenters. The van der Waals surface area contributed by atoms with Crippen molar-refractivity contribution in [3.63, 3.8) is 0 Å². The van der Waals surface area contributed by atoms with Crippen molar-refractivity contribution in [1.82, 2.24) is 5.32 Å². The molecule has 1 nitrogen and oxygen atoms in total. The minimum absolute atomic E-state index is 0.537. The molecule has 112 valence electrons. The van der Waals surface area contributed by atoms with Gasteiger partial charge in [-0.15, -0.1) is 11.3 Å².